The first-order valence-electron chi connectivity index (χ1n) is 19.0. The number of hydrogen-bond donors (Lipinski definition) is 2. The van der Waals surface area contributed by atoms with Crippen LogP contribution in [-0.2, 0) is 11.8 Å². The summed E-state index contributed by atoms with van der Waals surface area (Å²) in [6.07, 6.45) is -0.565. The summed E-state index contributed by atoms with van der Waals surface area (Å²) in [5.74, 6) is 3.11. The molecule has 0 aliphatic heterocycles. The number of fused-ring (bicyclic) bond motifs is 3. The summed E-state index contributed by atoms with van der Waals surface area (Å²) >= 11 is 0. The number of aliphatic hydroxyl groups excluding tert-OH is 2. The van der Waals surface area contributed by atoms with Gasteiger partial charge >= 0.3 is 0 Å². The summed E-state index contributed by atoms with van der Waals surface area (Å²) in [6.45, 7) is 10.4. The molecule has 0 bridgehead atoms. The van der Waals surface area contributed by atoms with Crippen LogP contribution in [0, 0.1) is 27.7 Å². The first-order chi connectivity index (χ1) is 26.6. The van der Waals surface area contributed by atoms with Crippen molar-refractivity contribution in [3.63, 3.8) is 0 Å². The Balaban J connectivity index is 1.02. The number of ether oxygens (including phenoxy) is 4. The molecule has 0 fully saturated rings. The molecule has 0 heterocycles. The lowest BCUT2D eigenvalue weighted by atomic mass is 9.68. The second kappa shape index (κ2) is 16.0. The summed E-state index contributed by atoms with van der Waals surface area (Å²) in [5.41, 5.74) is 13.2. The van der Waals surface area contributed by atoms with Crippen LogP contribution < -0.4 is 18.9 Å². The van der Waals surface area contributed by atoms with Gasteiger partial charge < -0.3 is 29.2 Å². The van der Waals surface area contributed by atoms with E-state index in [1.165, 1.54) is 33.4 Å². The van der Waals surface area contributed by atoms with Gasteiger partial charge in [-0.2, -0.15) is 0 Å². The maximum absolute atomic E-state index is 10.9. The first-order valence-corrected chi connectivity index (χ1v) is 19.0. The molecule has 2 unspecified atom stereocenters. The molecule has 6 aromatic carbocycles. The van der Waals surface area contributed by atoms with Crippen molar-refractivity contribution >= 4 is 0 Å². The summed E-state index contributed by atoms with van der Waals surface area (Å²) in [7, 11) is 1.69. The van der Waals surface area contributed by atoms with Crippen LogP contribution in [0.4, 0.5) is 0 Å². The van der Waals surface area contributed by atoms with Crippen molar-refractivity contribution < 1.29 is 29.2 Å². The van der Waals surface area contributed by atoms with Crippen molar-refractivity contribution in [2.45, 2.75) is 58.7 Å². The maximum atomic E-state index is 10.9. The quantitative estimate of drug-likeness (QED) is 0.116. The van der Waals surface area contributed by atoms with Gasteiger partial charge in [-0.15, -0.1) is 0 Å². The topological polar surface area (TPSA) is 77.4 Å². The number of benzene rings is 6. The van der Waals surface area contributed by atoms with E-state index in [-0.39, 0.29) is 19.8 Å². The van der Waals surface area contributed by atoms with E-state index in [1.807, 2.05) is 52.0 Å². The third-order valence-electron chi connectivity index (χ3n) is 10.5. The van der Waals surface area contributed by atoms with Crippen LogP contribution in [0.15, 0.2) is 121 Å². The fraction of sp³-hybridized carbons (Fsp3) is 0.265. The summed E-state index contributed by atoms with van der Waals surface area (Å²) in [6, 6.07) is 42.5. The van der Waals surface area contributed by atoms with E-state index in [2.05, 4.69) is 97.1 Å². The highest BCUT2D eigenvalue weighted by molar-refractivity contribution is 5.86. The third kappa shape index (κ3) is 7.57. The van der Waals surface area contributed by atoms with Crippen molar-refractivity contribution in [3.05, 3.63) is 177 Å². The van der Waals surface area contributed by atoms with Crippen molar-refractivity contribution in [3.8, 4) is 34.1 Å². The Morgan fingerprint density at radius 1 is 0.527 bits per heavy atom. The molecule has 0 aromatic heterocycles. The number of aliphatic hydroxyl groups is 2. The number of rotatable bonds is 14. The number of methoxy groups -OCH3 is 1. The van der Waals surface area contributed by atoms with Crippen LogP contribution >= 0.6 is 0 Å². The second-order valence-corrected chi connectivity index (χ2v) is 14.8. The molecule has 6 nitrogen and oxygen atoms in total. The van der Waals surface area contributed by atoms with Gasteiger partial charge in [0.2, 0.25) is 0 Å². The van der Waals surface area contributed by atoms with Gasteiger partial charge in [-0.05, 0) is 132 Å². The average Bonchev–Trinajstić information content (AvgIpc) is 3.47. The lowest BCUT2D eigenvalue weighted by Gasteiger charge is -2.34. The Morgan fingerprint density at radius 3 is 1.40 bits per heavy atom. The Bertz CT molecular complexity index is 2180. The van der Waals surface area contributed by atoms with Gasteiger partial charge in [0.15, 0.2) is 0 Å². The van der Waals surface area contributed by atoms with Gasteiger partial charge in [-0.1, -0.05) is 97.1 Å². The fourth-order valence-corrected chi connectivity index (χ4v) is 8.26. The average molecular weight is 735 g/mol. The molecule has 55 heavy (non-hydrogen) atoms. The monoisotopic (exact) mass is 734 g/mol. The molecule has 1 aliphatic carbocycles. The Labute approximate surface area is 324 Å². The maximum Gasteiger partial charge on any atom is 0.125 e. The molecule has 7 rings (SSSR count). The zero-order chi connectivity index (χ0) is 38.7. The van der Waals surface area contributed by atoms with Gasteiger partial charge in [-0.25, -0.2) is 0 Å². The lowest BCUT2D eigenvalue weighted by molar-refractivity contribution is 0.0621. The van der Waals surface area contributed by atoms with E-state index in [0.717, 1.165) is 57.1 Å². The van der Waals surface area contributed by atoms with E-state index in [1.54, 1.807) is 14.0 Å². The van der Waals surface area contributed by atoms with E-state index >= 15 is 0 Å². The molecule has 0 saturated carbocycles. The smallest absolute Gasteiger partial charge is 0.125 e. The summed E-state index contributed by atoms with van der Waals surface area (Å²) < 4.78 is 23.7. The van der Waals surface area contributed by atoms with E-state index in [9.17, 15) is 10.2 Å². The van der Waals surface area contributed by atoms with Crippen LogP contribution in [0.2, 0.25) is 0 Å². The molecule has 0 amide bonds. The predicted molar refractivity (Wildman–Crippen MR) is 219 cm³/mol. The summed E-state index contributed by atoms with van der Waals surface area (Å²) in [4.78, 5) is 0. The van der Waals surface area contributed by atoms with Crippen molar-refractivity contribution in [2.24, 2.45) is 0 Å². The largest absolute Gasteiger partial charge is 0.497 e. The number of aryl methyl sites for hydroxylation is 4. The minimum atomic E-state index is -0.821. The molecule has 2 atom stereocenters. The molecule has 0 radical (unpaired) electrons. The highest BCUT2D eigenvalue weighted by atomic mass is 16.5. The van der Waals surface area contributed by atoms with Crippen molar-refractivity contribution in [2.75, 3.05) is 26.9 Å². The molecule has 0 saturated heterocycles. The lowest BCUT2D eigenvalue weighted by Crippen LogP contribution is -2.28. The van der Waals surface area contributed by atoms with Gasteiger partial charge in [0.1, 0.15) is 48.9 Å². The molecular weight excluding hydrogens is 685 g/mol. The van der Waals surface area contributed by atoms with E-state index in [4.69, 9.17) is 18.9 Å². The molecule has 0 spiro atoms. The van der Waals surface area contributed by atoms with Crippen LogP contribution in [-0.4, -0.2) is 49.4 Å². The molecule has 6 aromatic rings. The molecule has 282 valence electrons. The summed E-state index contributed by atoms with van der Waals surface area (Å²) in [5, 5.41) is 20.6. The molecule has 2 N–H and O–H groups in total. The van der Waals surface area contributed by atoms with E-state index in [0.29, 0.717) is 5.75 Å². The second-order valence-electron chi connectivity index (χ2n) is 14.8. The van der Waals surface area contributed by atoms with E-state index < -0.39 is 17.6 Å². The minimum Gasteiger partial charge on any atom is -0.497 e. The minimum absolute atomic E-state index is 0.0977. The normalized spacial score (nSPS) is 13.7. The van der Waals surface area contributed by atoms with Gasteiger partial charge in [0.25, 0.3) is 0 Å². The number of hydrogen-bond acceptors (Lipinski definition) is 6. The zero-order valence-electron chi connectivity index (χ0n) is 32.6. The van der Waals surface area contributed by atoms with Crippen molar-refractivity contribution in [1.29, 1.82) is 0 Å². The third-order valence-corrected chi connectivity index (χ3v) is 10.5. The van der Waals surface area contributed by atoms with Gasteiger partial charge in [0, 0.05) is 0 Å². The highest BCUT2D eigenvalue weighted by Gasteiger charge is 2.45. The van der Waals surface area contributed by atoms with Crippen LogP contribution in [0.3, 0.4) is 0 Å². The van der Waals surface area contributed by atoms with Gasteiger partial charge in [-0.3, -0.25) is 0 Å². The Hall–Kier alpha value is -5.56. The van der Waals surface area contributed by atoms with Crippen LogP contribution in [0.25, 0.3) is 11.1 Å². The molecule has 1 aliphatic rings. The molecular formula is C49H50O6. The highest BCUT2D eigenvalue weighted by Crippen LogP contribution is 2.56. The Morgan fingerprint density at radius 2 is 0.945 bits per heavy atom. The van der Waals surface area contributed by atoms with Crippen molar-refractivity contribution in [1.82, 2.24) is 0 Å². The SMILES string of the molecule is COc1ccc(C2(c3ccc(OCC(O)COc4c(C)cc(Cc5cc(C)c(OCC(C)O)c(C)c5)cc4C)cc3)c3ccccc3-c3ccccc32)cc1. The fourth-order valence-electron chi connectivity index (χ4n) is 8.26. The van der Waals surface area contributed by atoms with Crippen LogP contribution in [0.5, 0.6) is 23.0 Å². The first kappa shape index (κ1) is 37.7. The predicted octanol–water partition coefficient (Wildman–Crippen LogP) is 9.46. The molecule has 6 heteroatoms. The Kier molecular flexibility index (Phi) is 11.0. The van der Waals surface area contributed by atoms with Gasteiger partial charge in [0.05, 0.1) is 18.6 Å². The zero-order valence-corrected chi connectivity index (χ0v) is 32.6. The standard InChI is InChI=1S/C49H50O6/c1-31-23-36(24-32(2)47(31)54-28-35(5)50)27-37-25-33(3)48(34(4)26-37)55-30-40(51)29-53-42-21-17-39(18-22-42)49(38-15-19-41(52-6)20-16-38)45-13-9-7-11-43(45)44-12-8-10-14-46(44)49/h7-26,35,40,50-51H,27-30H2,1-6H3. The van der Waals surface area contributed by atoms with Crippen LogP contribution in [0.1, 0.15) is 62.6 Å².